The first-order valence-electron chi connectivity index (χ1n) is 8.18. The van der Waals surface area contributed by atoms with Gasteiger partial charge < -0.3 is 13.3 Å². The smallest absolute Gasteiger partial charge is 0.357 e. The first-order valence-corrected chi connectivity index (χ1v) is 9.85. The van der Waals surface area contributed by atoms with Crippen LogP contribution in [0.4, 0.5) is 0 Å². The minimum atomic E-state index is -3.03. The highest BCUT2D eigenvalue weighted by Gasteiger charge is 2.46. The average molecular weight is 329 g/mol. The molecule has 0 aliphatic carbocycles. The Morgan fingerprint density at radius 2 is 1.09 bits per heavy atom. The van der Waals surface area contributed by atoms with Gasteiger partial charge in [-0.2, -0.15) is 0 Å². The molecule has 1 aromatic heterocycles. The predicted octanol–water partition coefficient (Wildman–Crippen LogP) is 4.19. The molecule has 0 aliphatic heterocycles. The second-order valence-electron chi connectivity index (χ2n) is 5.19. The number of aromatic nitrogens is 1. The van der Waals surface area contributed by atoms with E-state index in [0.29, 0.717) is 19.8 Å². The summed E-state index contributed by atoms with van der Waals surface area (Å²) in [7, 11) is -3.03. The monoisotopic (exact) mass is 329 g/mol. The van der Waals surface area contributed by atoms with Crippen LogP contribution in [0.3, 0.4) is 0 Å². The lowest BCUT2D eigenvalue weighted by Gasteiger charge is -2.30. The second kappa shape index (κ2) is 6.84. The largest absolute Gasteiger partial charge is 0.638 e. The summed E-state index contributed by atoms with van der Waals surface area (Å²) in [6.07, 6.45) is 0. The van der Waals surface area contributed by atoms with Gasteiger partial charge >= 0.3 is 8.97 Å². The first kappa shape index (κ1) is 16.2. The number of nitrogens with zero attached hydrogens (tertiary/aromatic N) is 1. The number of hydrogen-bond donors (Lipinski definition) is 0. The van der Waals surface area contributed by atoms with Gasteiger partial charge in [0.2, 0.25) is 0 Å². The van der Waals surface area contributed by atoms with E-state index in [4.69, 9.17) is 13.3 Å². The zero-order valence-electron chi connectivity index (χ0n) is 13.9. The van der Waals surface area contributed by atoms with Crippen LogP contribution in [0.5, 0.6) is 0 Å². The van der Waals surface area contributed by atoms with E-state index in [9.17, 15) is 0 Å². The number of rotatable bonds is 7. The van der Waals surface area contributed by atoms with Gasteiger partial charge in [0.25, 0.3) is 0 Å². The van der Waals surface area contributed by atoms with Gasteiger partial charge in [-0.1, -0.05) is 36.4 Å². The fourth-order valence-corrected chi connectivity index (χ4v) is 5.80. The number of para-hydroxylation sites is 2. The van der Waals surface area contributed by atoms with Crippen LogP contribution in [0, 0.1) is 0 Å². The molecule has 122 valence electrons. The summed E-state index contributed by atoms with van der Waals surface area (Å²) < 4.78 is 20.5. The minimum absolute atomic E-state index is 0.549. The van der Waals surface area contributed by atoms with Crippen LogP contribution in [-0.4, -0.2) is 33.0 Å². The summed E-state index contributed by atoms with van der Waals surface area (Å²) in [4.78, 5) is 0. The van der Waals surface area contributed by atoms with E-state index >= 15 is 0 Å². The SMILES string of the molecule is CCO[Si](OCC)(OCC)n1c2ccccc2c2ccccc21. The van der Waals surface area contributed by atoms with Gasteiger partial charge in [-0.3, -0.25) is 4.23 Å². The fourth-order valence-electron chi connectivity index (χ4n) is 3.08. The first-order chi connectivity index (χ1) is 11.3. The molecular weight excluding hydrogens is 306 g/mol. The molecule has 0 saturated carbocycles. The van der Waals surface area contributed by atoms with Gasteiger partial charge in [0.1, 0.15) is 0 Å². The van der Waals surface area contributed by atoms with E-state index < -0.39 is 8.97 Å². The highest BCUT2D eigenvalue weighted by Crippen LogP contribution is 2.32. The third kappa shape index (κ3) is 2.70. The molecule has 0 N–H and O–H groups in total. The molecule has 0 spiro atoms. The summed E-state index contributed by atoms with van der Waals surface area (Å²) in [5.74, 6) is 0. The lowest BCUT2D eigenvalue weighted by molar-refractivity contribution is 0.0640. The molecule has 0 aliphatic rings. The predicted molar refractivity (Wildman–Crippen MR) is 95.5 cm³/mol. The third-order valence-electron chi connectivity index (χ3n) is 3.83. The molecule has 0 bridgehead atoms. The number of benzene rings is 2. The molecule has 0 atom stereocenters. The molecule has 2 aromatic carbocycles. The normalized spacial score (nSPS) is 12.3. The highest BCUT2D eigenvalue weighted by molar-refractivity contribution is 6.61. The Bertz CT molecular complexity index is 729. The van der Waals surface area contributed by atoms with E-state index in [1.54, 1.807) is 0 Å². The topological polar surface area (TPSA) is 32.6 Å². The Balaban J connectivity index is 2.37. The molecule has 0 amide bonds. The van der Waals surface area contributed by atoms with Crippen LogP contribution in [0.2, 0.25) is 0 Å². The Labute approximate surface area is 138 Å². The Hall–Kier alpha value is -1.66. The zero-order valence-corrected chi connectivity index (χ0v) is 14.9. The second-order valence-corrected chi connectivity index (χ2v) is 7.55. The number of fused-ring (bicyclic) bond motifs is 3. The van der Waals surface area contributed by atoms with Crippen LogP contribution in [-0.2, 0) is 13.3 Å². The summed E-state index contributed by atoms with van der Waals surface area (Å²) in [5.41, 5.74) is 2.19. The van der Waals surface area contributed by atoms with Crippen molar-refractivity contribution in [3.63, 3.8) is 0 Å². The standard InChI is InChI=1S/C18H23NO3Si/c1-4-20-23(21-5-2,22-6-3)19-17-13-9-7-11-15(17)16-12-8-10-14-18(16)19/h7-14H,4-6H2,1-3H3. The molecule has 0 fully saturated rings. The molecule has 3 rings (SSSR count). The van der Waals surface area contributed by atoms with Gasteiger partial charge in [0.05, 0.1) is 0 Å². The van der Waals surface area contributed by atoms with Crippen LogP contribution in [0.1, 0.15) is 20.8 Å². The van der Waals surface area contributed by atoms with Gasteiger partial charge in [-0.05, 0) is 32.9 Å². The molecule has 0 unspecified atom stereocenters. The van der Waals surface area contributed by atoms with Crippen molar-refractivity contribution >= 4 is 30.8 Å². The molecule has 3 aromatic rings. The van der Waals surface area contributed by atoms with Gasteiger partial charge in [0, 0.05) is 41.6 Å². The van der Waals surface area contributed by atoms with Crippen LogP contribution < -0.4 is 0 Å². The van der Waals surface area contributed by atoms with Crippen molar-refractivity contribution in [1.29, 1.82) is 0 Å². The van der Waals surface area contributed by atoms with Gasteiger partial charge in [-0.15, -0.1) is 0 Å². The van der Waals surface area contributed by atoms with Gasteiger partial charge in [-0.25, -0.2) is 0 Å². The van der Waals surface area contributed by atoms with Crippen molar-refractivity contribution in [2.75, 3.05) is 19.8 Å². The van der Waals surface area contributed by atoms with E-state index in [2.05, 4.69) is 40.6 Å². The van der Waals surface area contributed by atoms with Crippen LogP contribution in [0.25, 0.3) is 21.8 Å². The maximum absolute atomic E-state index is 6.13. The highest BCUT2D eigenvalue weighted by atomic mass is 28.4. The molecule has 5 heteroatoms. The Kier molecular flexibility index (Phi) is 4.82. The molecule has 4 nitrogen and oxygen atoms in total. The van der Waals surface area contributed by atoms with Crippen molar-refractivity contribution in [3.8, 4) is 0 Å². The third-order valence-corrected chi connectivity index (χ3v) is 6.82. The van der Waals surface area contributed by atoms with E-state index in [1.807, 2.05) is 32.9 Å². The summed E-state index contributed by atoms with van der Waals surface area (Å²) >= 11 is 0. The summed E-state index contributed by atoms with van der Waals surface area (Å²) in [6, 6.07) is 16.7. The van der Waals surface area contributed by atoms with E-state index in [-0.39, 0.29) is 0 Å². The van der Waals surface area contributed by atoms with Crippen molar-refractivity contribution in [3.05, 3.63) is 48.5 Å². The fraction of sp³-hybridized carbons (Fsp3) is 0.333. The maximum Gasteiger partial charge on any atom is 0.638 e. The molecule has 0 radical (unpaired) electrons. The van der Waals surface area contributed by atoms with E-state index in [0.717, 1.165) is 11.0 Å². The zero-order chi connectivity index (χ0) is 16.3. The van der Waals surface area contributed by atoms with Crippen LogP contribution >= 0.6 is 0 Å². The van der Waals surface area contributed by atoms with Crippen LogP contribution in [0.15, 0.2) is 48.5 Å². The minimum Gasteiger partial charge on any atom is -0.357 e. The lowest BCUT2D eigenvalue weighted by Crippen LogP contribution is -2.53. The number of hydrogen-bond acceptors (Lipinski definition) is 3. The molecule has 0 saturated heterocycles. The van der Waals surface area contributed by atoms with Crippen molar-refractivity contribution in [2.45, 2.75) is 20.8 Å². The maximum atomic E-state index is 6.13. The summed E-state index contributed by atoms with van der Waals surface area (Å²) in [6.45, 7) is 7.59. The van der Waals surface area contributed by atoms with Crippen molar-refractivity contribution in [1.82, 2.24) is 4.23 Å². The quantitative estimate of drug-likeness (QED) is 0.609. The molecular formula is C18H23NO3Si. The molecule has 23 heavy (non-hydrogen) atoms. The molecule has 1 heterocycles. The lowest BCUT2D eigenvalue weighted by atomic mass is 10.2. The Morgan fingerprint density at radius 1 is 0.696 bits per heavy atom. The summed E-state index contributed by atoms with van der Waals surface area (Å²) in [5, 5.41) is 2.39. The van der Waals surface area contributed by atoms with Crippen molar-refractivity contribution < 1.29 is 13.3 Å². The van der Waals surface area contributed by atoms with Gasteiger partial charge in [0.15, 0.2) is 0 Å². The average Bonchev–Trinajstić information content (AvgIpc) is 2.90. The van der Waals surface area contributed by atoms with E-state index in [1.165, 1.54) is 10.8 Å². The van der Waals surface area contributed by atoms with Crippen molar-refractivity contribution in [2.24, 2.45) is 0 Å². The Morgan fingerprint density at radius 3 is 1.48 bits per heavy atom.